The highest BCUT2D eigenvalue weighted by molar-refractivity contribution is 7.98. The number of halogens is 2. The van der Waals surface area contributed by atoms with Crippen LogP contribution in [0.15, 0.2) is 72.1 Å². The first-order valence-electron chi connectivity index (χ1n) is 9.81. The number of nitrogens with zero attached hydrogens (tertiary/aromatic N) is 3. The van der Waals surface area contributed by atoms with Crippen molar-refractivity contribution in [1.29, 1.82) is 0 Å². The van der Waals surface area contributed by atoms with Crippen LogP contribution in [-0.4, -0.2) is 20.4 Å². The van der Waals surface area contributed by atoms with Gasteiger partial charge in [-0.3, -0.25) is 9.78 Å². The molecule has 0 fully saturated rings. The molecule has 0 aliphatic rings. The van der Waals surface area contributed by atoms with E-state index in [0.29, 0.717) is 28.4 Å². The summed E-state index contributed by atoms with van der Waals surface area (Å²) in [5.41, 5.74) is 2.35. The molecule has 4 aromatic rings. The molecule has 1 atom stereocenters. The van der Waals surface area contributed by atoms with Gasteiger partial charge in [-0.05, 0) is 42.3 Å². The molecule has 0 unspecified atom stereocenters. The van der Waals surface area contributed by atoms with E-state index in [9.17, 15) is 13.6 Å². The van der Waals surface area contributed by atoms with E-state index in [1.165, 1.54) is 36.0 Å². The number of hydrogen-bond donors (Lipinski definition) is 1. The molecule has 5 nitrogen and oxygen atoms in total. The van der Waals surface area contributed by atoms with Crippen molar-refractivity contribution in [2.24, 2.45) is 0 Å². The first-order valence-corrected chi connectivity index (χ1v) is 10.8. The molecule has 0 bridgehead atoms. The van der Waals surface area contributed by atoms with Gasteiger partial charge in [-0.1, -0.05) is 43.0 Å². The van der Waals surface area contributed by atoms with E-state index in [2.05, 4.69) is 15.3 Å². The summed E-state index contributed by atoms with van der Waals surface area (Å²) in [4.78, 5) is 21.9. The van der Waals surface area contributed by atoms with Crippen molar-refractivity contribution in [2.75, 3.05) is 5.32 Å². The first-order chi connectivity index (χ1) is 15.1. The lowest BCUT2D eigenvalue weighted by Crippen LogP contribution is -2.26. The Hall–Kier alpha value is -3.26. The molecule has 8 heteroatoms. The fourth-order valence-electron chi connectivity index (χ4n) is 3.36. The maximum Gasteiger partial charge on any atom is 0.247 e. The van der Waals surface area contributed by atoms with Crippen LogP contribution in [0, 0.1) is 11.6 Å². The Kier molecular flexibility index (Phi) is 6.27. The molecule has 2 aromatic heterocycles. The third kappa shape index (κ3) is 4.59. The maximum absolute atomic E-state index is 14.1. The summed E-state index contributed by atoms with van der Waals surface area (Å²) in [7, 11) is 0. The van der Waals surface area contributed by atoms with Crippen LogP contribution in [0.1, 0.15) is 24.9 Å². The van der Waals surface area contributed by atoms with Gasteiger partial charge >= 0.3 is 0 Å². The summed E-state index contributed by atoms with van der Waals surface area (Å²) in [6, 6.07) is 13.6. The zero-order valence-electron chi connectivity index (χ0n) is 16.8. The number of anilines is 1. The number of fused-ring (bicyclic) bond motifs is 1. The van der Waals surface area contributed by atoms with Gasteiger partial charge in [-0.15, -0.1) is 0 Å². The number of carbonyl (C=O) groups excluding carboxylic acids is 1. The number of benzene rings is 2. The van der Waals surface area contributed by atoms with Gasteiger partial charge in [-0.25, -0.2) is 13.8 Å². The van der Waals surface area contributed by atoms with Crippen LogP contribution < -0.4 is 5.32 Å². The predicted molar refractivity (Wildman–Crippen MR) is 118 cm³/mol. The molecule has 1 amide bonds. The lowest BCUT2D eigenvalue weighted by Gasteiger charge is -2.20. The van der Waals surface area contributed by atoms with Crippen LogP contribution >= 0.6 is 11.8 Å². The predicted octanol–water partition coefficient (Wildman–Crippen LogP) is 5.59. The second kappa shape index (κ2) is 9.26. The van der Waals surface area contributed by atoms with Gasteiger partial charge in [0.25, 0.3) is 0 Å². The van der Waals surface area contributed by atoms with Crippen molar-refractivity contribution in [3.8, 4) is 0 Å². The molecule has 31 heavy (non-hydrogen) atoms. The lowest BCUT2D eigenvalue weighted by molar-refractivity contribution is -0.119. The van der Waals surface area contributed by atoms with E-state index in [4.69, 9.17) is 0 Å². The van der Waals surface area contributed by atoms with Crippen molar-refractivity contribution >= 4 is 34.4 Å². The minimum absolute atomic E-state index is 0.127. The van der Waals surface area contributed by atoms with Crippen LogP contribution in [0.3, 0.4) is 0 Å². The number of imidazole rings is 1. The van der Waals surface area contributed by atoms with Gasteiger partial charge in [0.15, 0.2) is 5.16 Å². The van der Waals surface area contributed by atoms with E-state index < -0.39 is 11.9 Å². The summed E-state index contributed by atoms with van der Waals surface area (Å²) < 4.78 is 29.4. The number of aromatic nitrogens is 3. The van der Waals surface area contributed by atoms with Crippen LogP contribution in [0.2, 0.25) is 0 Å². The zero-order valence-corrected chi connectivity index (χ0v) is 17.6. The Balaban J connectivity index is 1.67. The highest BCUT2D eigenvalue weighted by Gasteiger charge is 2.25. The standard InChI is InChI=1S/C23H20F2N4OS/c1-2-20(22(30)27-18-9-4-3-8-17(18)25)29-21-13-26-11-10-19(21)28-23(29)31-14-15-6-5-7-16(24)12-15/h3-13,20H,2,14H2,1H3,(H,27,30)/t20-/m0/s1. The van der Waals surface area contributed by atoms with Crippen molar-refractivity contribution in [1.82, 2.24) is 14.5 Å². The second-order valence-electron chi connectivity index (χ2n) is 6.94. The Bertz CT molecular complexity index is 1230. The van der Waals surface area contributed by atoms with Crippen molar-refractivity contribution < 1.29 is 13.6 Å². The molecule has 0 saturated carbocycles. The third-order valence-electron chi connectivity index (χ3n) is 4.85. The summed E-state index contributed by atoms with van der Waals surface area (Å²) in [5.74, 6) is -0.654. The van der Waals surface area contributed by atoms with Crippen molar-refractivity contribution in [3.05, 3.63) is 84.2 Å². The summed E-state index contributed by atoms with van der Waals surface area (Å²) in [6.45, 7) is 1.88. The van der Waals surface area contributed by atoms with E-state index in [1.54, 1.807) is 36.7 Å². The fourth-order valence-corrected chi connectivity index (χ4v) is 4.36. The number of rotatable bonds is 7. The second-order valence-corrected chi connectivity index (χ2v) is 7.88. The summed E-state index contributed by atoms with van der Waals surface area (Å²) >= 11 is 1.41. The maximum atomic E-state index is 14.1. The minimum Gasteiger partial charge on any atom is -0.322 e. The molecule has 2 heterocycles. The fraction of sp³-hybridized carbons (Fsp3) is 0.174. The zero-order chi connectivity index (χ0) is 21.8. The Morgan fingerprint density at radius 1 is 1.16 bits per heavy atom. The molecular formula is C23H20F2N4OS. The van der Waals surface area contributed by atoms with E-state index in [0.717, 1.165) is 5.56 Å². The number of amides is 1. The van der Waals surface area contributed by atoms with Crippen LogP contribution in [0.25, 0.3) is 11.0 Å². The number of carbonyl (C=O) groups is 1. The normalized spacial score (nSPS) is 12.1. The molecule has 2 aromatic carbocycles. The van der Waals surface area contributed by atoms with Crippen LogP contribution in [0.5, 0.6) is 0 Å². The molecule has 4 rings (SSSR count). The molecule has 158 valence electrons. The van der Waals surface area contributed by atoms with E-state index in [1.807, 2.05) is 17.6 Å². The lowest BCUT2D eigenvalue weighted by atomic mass is 10.2. The van der Waals surface area contributed by atoms with Gasteiger partial charge in [0.1, 0.15) is 17.7 Å². The quantitative estimate of drug-likeness (QED) is 0.382. The van der Waals surface area contributed by atoms with Gasteiger partial charge in [0.2, 0.25) is 5.91 Å². The van der Waals surface area contributed by atoms with Gasteiger partial charge < -0.3 is 9.88 Å². The average molecular weight is 439 g/mol. The first kappa shape index (κ1) is 21.0. The number of nitrogens with one attached hydrogen (secondary N) is 1. The molecule has 0 aliphatic carbocycles. The topological polar surface area (TPSA) is 59.8 Å². The summed E-state index contributed by atoms with van der Waals surface area (Å²) in [5, 5.41) is 3.29. The third-order valence-corrected chi connectivity index (χ3v) is 5.87. The van der Waals surface area contributed by atoms with E-state index >= 15 is 0 Å². The molecule has 0 spiro atoms. The number of hydrogen-bond acceptors (Lipinski definition) is 4. The molecule has 0 saturated heterocycles. The number of pyridine rings is 1. The van der Waals surface area contributed by atoms with Gasteiger partial charge in [0.05, 0.1) is 22.9 Å². The SMILES string of the molecule is CC[C@@H](C(=O)Nc1ccccc1F)n1c(SCc2cccc(F)c2)nc2ccncc21. The van der Waals surface area contributed by atoms with Crippen molar-refractivity contribution in [3.63, 3.8) is 0 Å². The number of thioether (sulfide) groups is 1. The summed E-state index contributed by atoms with van der Waals surface area (Å²) in [6.07, 6.45) is 3.77. The number of para-hydroxylation sites is 1. The van der Waals surface area contributed by atoms with Gasteiger partial charge in [0, 0.05) is 11.9 Å². The highest BCUT2D eigenvalue weighted by Crippen LogP contribution is 2.31. The van der Waals surface area contributed by atoms with Crippen LogP contribution in [-0.2, 0) is 10.5 Å². The minimum atomic E-state index is -0.621. The molecular weight excluding hydrogens is 418 g/mol. The molecule has 0 aliphatic heterocycles. The Morgan fingerprint density at radius 3 is 2.77 bits per heavy atom. The van der Waals surface area contributed by atoms with Crippen molar-refractivity contribution in [2.45, 2.75) is 30.3 Å². The Morgan fingerprint density at radius 2 is 2.00 bits per heavy atom. The molecule has 1 N–H and O–H groups in total. The van der Waals surface area contributed by atoms with Gasteiger partial charge in [-0.2, -0.15) is 0 Å². The van der Waals surface area contributed by atoms with Crippen LogP contribution in [0.4, 0.5) is 14.5 Å². The Labute approximate surface area is 182 Å². The monoisotopic (exact) mass is 438 g/mol. The highest BCUT2D eigenvalue weighted by atomic mass is 32.2. The smallest absolute Gasteiger partial charge is 0.247 e. The average Bonchev–Trinajstić information content (AvgIpc) is 3.13. The largest absolute Gasteiger partial charge is 0.322 e. The van der Waals surface area contributed by atoms with E-state index in [-0.39, 0.29) is 17.4 Å². The molecule has 0 radical (unpaired) electrons.